The Labute approximate surface area is 169 Å². The minimum Gasteiger partial charge on any atom is -0.492 e. The van der Waals surface area contributed by atoms with Gasteiger partial charge in [-0.05, 0) is 37.0 Å². The number of halogens is 5. The minimum absolute atomic E-state index is 0.178. The van der Waals surface area contributed by atoms with Crippen molar-refractivity contribution in [2.45, 2.75) is 38.3 Å². The molecule has 154 valence electrons. The topological polar surface area (TPSA) is 39.4 Å². The van der Waals surface area contributed by atoms with E-state index in [4.69, 9.17) is 16.3 Å². The molecule has 4 rings (SSSR count). The van der Waals surface area contributed by atoms with Gasteiger partial charge >= 0.3 is 6.18 Å². The van der Waals surface area contributed by atoms with Crippen LogP contribution in [-0.4, -0.2) is 21.2 Å². The van der Waals surface area contributed by atoms with Crippen LogP contribution in [0.1, 0.15) is 42.6 Å². The number of aromatic nitrogens is 3. The van der Waals surface area contributed by atoms with E-state index in [2.05, 4.69) is 10.2 Å². The molecule has 1 saturated carbocycles. The van der Waals surface area contributed by atoms with E-state index in [1.54, 1.807) is 6.92 Å². The molecule has 0 aliphatic heterocycles. The lowest BCUT2D eigenvalue weighted by molar-refractivity contribution is -0.138. The number of alkyl halides is 3. The molecular formula is C20H18ClF4N3O. The predicted molar refractivity (Wildman–Crippen MR) is 99.7 cm³/mol. The SMILES string of the molecule is C[C@H](COc1ccn2c(CC3CC3)nnc2c1C(F)(F)F)c1c(F)cccc1Cl. The van der Waals surface area contributed by atoms with Crippen molar-refractivity contribution in [1.82, 2.24) is 14.6 Å². The number of hydrogen-bond donors (Lipinski definition) is 0. The van der Waals surface area contributed by atoms with Gasteiger partial charge in [0.2, 0.25) is 0 Å². The molecule has 29 heavy (non-hydrogen) atoms. The number of rotatable bonds is 6. The Bertz CT molecular complexity index is 1030. The van der Waals surface area contributed by atoms with Crippen molar-refractivity contribution < 1.29 is 22.3 Å². The van der Waals surface area contributed by atoms with Crippen LogP contribution < -0.4 is 4.74 Å². The van der Waals surface area contributed by atoms with E-state index in [0.29, 0.717) is 18.2 Å². The molecule has 1 atom stereocenters. The first-order valence-corrected chi connectivity index (χ1v) is 9.64. The summed E-state index contributed by atoms with van der Waals surface area (Å²) in [5, 5.41) is 7.92. The molecule has 0 amide bonds. The van der Waals surface area contributed by atoms with E-state index in [9.17, 15) is 17.6 Å². The zero-order valence-electron chi connectivity index (χ0n) is 15.5. The van der Waals surface area contributed by atoms with E-state index in [0.717, 1.165) is 12.8 Å². The molecular weight excluding hydrogens is 410 g/mol. The fourth-order valence-corrected chi connectivity index (χ4v) is 3.72. The Morgan fingerprint density at radius 2 is 2.00 bits per heavy atom. The number of benzene rings is 1. The minimum atomic E-state index is -4.68. The third-order valence-electron chi connectivity index (χ3n) is 5.04. The van der Waals surface area contributed by atoms with Gasteiger partial charge < -0.3 is 4.74 Å². The van der Waals surface area contributed by atoms with Gasteiger partial charge in [-0.3, -0.25) is 4.40 Å². The molecule has 2 heterocycles. The van der Waals surface area contributed by atoms with Crippen LogP contribution in [0.5, 0.6) is 5.75 Å². The second-order valence-electron chi connectivity index (χ2n) is 7.36. The highest BCUT2D eigenvalue weighted by atomic mass is 35.5. The zero-order chi connectivity index (χ0) is 20.8. The fraction of sp³-hybridized carbons (Fsp3) is 0.400. The van der Waals surface area contributed by atoms with Gasteiger partial charge in [0.1, 0.15) is 23.0 Å². The molecule has 0 N–H and O–H groups in total. The van der Waals surface area contributed by atoms with Gasteiger partial charge in [0, 0.05) is 29.1 Å². The largest absolute Gasteiger partial charge is 0.492 e. The third kappa shape index (κ3) is 4.03. The van der Waals surface area contributed by atoms with Gasteiger partial charge in [-0.2, -0.15) is 13.2 Å². The van der Waals surface area contributed by atoms with Crippen molar-refractivity contribution >= 4 is 17.2 Å². The Balaban J connectivity index is 1.64. The van der Waals surface area contributed by atoms with Crippen molar-refractivity contribution in [2.75, 3.05) is 6.61 Å². The Kier molecular flexibility index (Phi) is 5.14. The molecule has 0 bridgehead atoms. The van der Waals surface area contributed by atoms with Crippen molar-refractivity contribution in [3.8, 4) is 5.75 Å². The normalized spacial score (nSPS) is 15.7. The number of ether oxygens (including phenoxy) is 1. The maximum atomic E-state index is 14.1. The summed E-state index contributed by atoms with van der Waals surface area (Å²) in [5.74, 6) is -0.480. The Morgan fingerprint density at radius 3 is 2.66 bits per heavy atom. The molecule has 2 aromatic heterocycles. The summed E-state index contributed by atoms with van der Waals surface area (Å²) in [7, 11) is 0. The maximum absolute atomic E-state index is 14.1. The second-order valence-corrected chi connectivity index (χ2v) is 7.76. The van der Waals surface area contributed by atoms with Crippen LogP contribution in [0, 0.1) is 11.7 Å². The average Bonchev–Trinajstić information content (AvgIpc) is 3.37. The number of nitrogens with zero attached hydrogens (tertiary/aromatic N) is 3. The van der Waals surface area contributed by atoms with Gasteiger partial charge in [0.15, 0.2) is 5.65 Å². The van der Waals surface area contributed by atoms with E-state index in [-0.39, 0.29) is 28.6 Å². The molecule has 1 aliphatic carbocycles. The van der Waals surface area contributed by atoms with Crippen LogP contribution in [0.4, 0.5) is 17.6 Å². The zero-order valence-corrected chi connectivity index (χ0v) is 16.3. The summed E-state index contributed by atoms with van der Waals surface area (Å²) >= 11 is 6.04. The van der Waals surface area contributed by atoms with Crippen molar-refractivity contribution in [2.24, 2.45) is 5.92 Å². The highest BCUT2D eigenvalue weighted by molar-refractivity contribution is 6.31. The standard InChI is InChI=1S/C20H18ClF4N3O/c1-11(17-13(21)3-2-4-14(17)22)10-29-15-7-8-28-16(9-12-5-6-12)26-27-19(28)18(15)20(23,24)25/h2-4,7-8,11-12H,5-6,9-10H2,1H3/t11-/m1/s1. The van der Waals surface area contributed by atoms with Gasteiger partial charge in [-0.1, -0.05) is 24.6 Å². The average molecular weight is 428 g/mol. The van der Waals surface area contributed by atoms with Crippen molar-refractivity contribution in [3.63, 3.8) is 0 Å². The van der Waals surface area contributed by atoms with Crippen LogP contribution in [0.3, 0.4) is 0 Å². The van der Waals surface area contributed by atoms with Crippen LogP contribution in [0.2, 0.25) is 5.02 Å². The lowest BCUT2D eigenvalue weighted by Crippen LogP contribution is -2.15. The third-order valence-corrected chi connectivity index (χ3v) is 5.37. The predicted octanol–water partition coefficient (Wildman–Crippen LogP) is 5.68. The first kappa shape index (κ1) is 19.9. The Morgan fingerprint density at radius 1 is 1.24 bits per heavy atom. The van der Waals surface area contributed by atoms with Gasteiger partial charge in [0.05, 0.1) is 6.61 Å². The van der Waals surface area contributed by atoms with Crippen LogP contribution >= 0.6 is 11.6 Å². The molecule has 1 aliphatic rings. The second kappa shape index (κ2) is 7.48. The molecule has 0 spiro atoms. The molecule has 0 unspecified atom stereocenters. The van der Waals surface area contributed by atoms with E-state index in [1.807, 2.05) is 0 Å². The molecule has 4 nitrogen and oxygen atoms in total. The molecule has 0 radical (unpaired) electrons. The van der Waals surface area contributed by atoms with Gasteiger partial charge in [-0.25, -0.2) is 4.39 Å². The van der Waals surface area contributed by atoms with Crippen LogP contribution in [0.25, 0.3) is 5.65 Å². The quantitative estimate of drug-likeness (QED) is 0.475. The summed E-state index contributed by atoms with van der Waals surface area (Å²) in [5.41, 5.74) is -1.07. The maximum Gasteiger partial charge on any atom is 0.423 e. The smallest absolute Gasteiger partial charge is 0.423 e. The first-order chi connectivity index (χ1) is 13.8. The molecule has 3 aromatic rings. The van der Waals surface area contributed by atoms with E-state index < -0.39 is 23.5 Å². The van der Waals surface area contributed by atoms with Gasteiger partial charge in [-0.15, -0.1) is 10.2 Å². The highest BCUT2D eigenvalue weighted by Gasteiger charge is 2.39. The summed E-state index contributed by atoms with van der Waals surface area (Å²) < 4.78 is 62.3. The molecule has 1 fully saturated rings. The summed E-state index contributed by atoms with van der Waals surface area (Å²) in [6, 6.07) is 5.50. The molecule has 9 heteroatoms. The summed E-state index contributed by atoms with van der Waals surface area (Å²) in [4.78, 5) is 0. The highest BCUT2D eigenvalue weighted by Crippen LogP contribution is 2.40. The monoisotopic (exact) mass is 427 g/mol. The van der Waals surface area contributed by atoms with Gasteiger partial charge in [0.25, 0.3) is 0 Å². The van der Waals surface area contributed by atoms with Crippen molar-refractivity contribution in [1.29, 1.82) is 0 Å². The number of pyridine rings is 1. The van der Waals surface area contributed by atoms with E-state index >= 15 is 0 Å². The summed E-state index contributed by atoms with van der Waals surface area (Å²) in [6.45, 7) is 1.46. The lowest BCUT2D eigenvalue weighted by Gasteiger charge is -2.19. The first-order valence-electron chi connectivity index (χ1n) is 9.26. The summed E-state index contributed by atoms with van der Waals surface area (Å²) in [6.07, 6.45) is -0.488. The number of hydrogen-bond acceptors (Lipinski definition) is 3. The Hall–Kier alpha value is -2.35. The number of fused-ring (bicyclic) bond motifs is 1. The van der Waals surface area contributed by atoms with E-state index in [1.165, 1.54) is 34.9 Å². The van der Waals surface area contributed by atoms with Crippen LogP contribution in [-0.2, 0) is 12.6 Å². The van der Waals surface area contributed by atoms with Crippen LogP contribution in [0.15, 0.2) is 30.5 Å². The fourth-order valence-electron chi connectivity index (χ4n) is 3.37. The molecule has 1 aromatic carbocycles. The van der Waals surface area contributed by atoms with Crippen molar-refractivity contribution in [3.05, 3.63) is 58.3 Å². The molecule has 0 saturated heterocycles. The lowest BCUT2D eigenvalue weighted by atomic mass is 10.0.